The van der Waals surface area contributed by atoms with Gasteiger partial charge in [-0.1, -0.05) is 22.4 Å². The molecule has 1 saturated carbocycles. The van der Waals surface area contributed by atoms with Gasteiger partial charge in [0.05, 0.1) is 18.7 Å². The van der Waals surface area contributed by atoms with Crippen LogP contribution in [0.1, 0.15) is 24.8 Å². The molecule has 0 unspecified atom stereocenters. The van der Waals surface area contributed by atoms with Crippen LogP contribution in [-0.4, -0.2) is 91.6 Å². The highest BCUT2D eigenvalue weighted by molar-refractivity contribution is 9.10. The zero-order valence-electron chi connectivity index (χ0n) is 20.4. The number of nitrogens with zero attached hydrogens (tertiary/aromatic N) is 5. The highest BCUT2D eigenvalue weighted by atomic mass is 79.9. The van der Waals surface area contributed by atoms with Crippen LogP contribution in [-0.2, 0) is 9.53 Å². The number of aromatic nitrogens is 2. The molecule has 3 aliphatic rings. The van der Waals surface area contributed by atoms with Crippen LogP contribution < -0.4 is 9.80 Å². The number of halogens is 4. The van der Waals surface area contributed by atoms with Gasteiger partial charge < -0.3 is 24.5 Å². The van der Waals surface area contributed by atoms with Crippen LogP contribution in [0.3, 0.4) is 0 Å². The number of hydrogen-bond acceptors (Lipinski definition) is 7. The molecule has 3 fully saturated rings. The van der Waals surface area contributed by atoms with Gasteiger partial charge in [-0.3, -0.25) is 0 Å². The van der Waals surface area contributed by atoms with E-state index in [4.69, 9.17) is 24.6 Å². The Balaban J connectivity index is 0.000000384. The zero-order valence-corrected chi connectivity index (χ0v) is 22.0. The number of carbonyl (C=O) groups is 1. The van der Waals surface area contributed by atoms with Crippen molar-refractivity contribution in [2.75, 3.05) is 69.3 Å². The number of fused-ring (bicyclic) bond motifs is 1. The topological polar surface area (TPSA) is 82.0 Å². The van der Waals surface area contributed by atoms with E-state index in [-0.39, 0.29) is 0 Å². The molecule has 1 aromatic heterocycles. The van der Waals surface area contributed by atoms with Crippen LogP contribution in [0.25, 0.3) is 10.9 Å². The van der Waals surface area contributed by atoms with E-state index >= 15 is 0 Å². The number of aryl methyl sites for hydroxylation is 1. The van der Waals surface area contributed by atoms with E-state index in [9.17, 15) is 13.2 Å². The van der Waals surface area contributed by atoms with E-state index in [2.05, 4.69) is 56.7 Å². The third-order valence-corrected chi connectivity index (χ3v) is 7.56. The molecule has 36 heavy (non-hydrogen) atoms. The molecule has 0 atom stereocenters. The molecule has 0 amide bonds. The number of anilines is 2. The number of alkyl halides is 3. The van der Waals surface area contributed by atoms with Crippen LogP contribution in [0.15, 0.2) is 16.6 Å². The Morgan fingerprint density at radius 3 is 2.36 bits per heavy atom. The second-order valence-electron chi connectivity index (χ2n) is 9.89. The first kappa shape index (κ1) is 26.9. The smallest absolute Gasteiger partial charge is 0.475 e. The fraction of sp³-hybridized carbons (Fsp3) is 0.625. The summed E-state index contributed by atoms with van der Waals surface area (Å²) >= 11 is 3.69. The summed E-state index contributed by atoms with van der Waals surface area (Å²) in [7, 11) is 2.18. The summed E-state index contributed by atoms with van der Waals surface area (Å²) in [6.07, 6.45) is -1.24. The average Bonchev–Trinajstić information content (AvgIpc) is 3.02. The van der Waals surface area contributed by atoms with Crippen molar-refractivity contribution >= 4 is 44.6 Å². The maximum absolute atomic E-state index is 10.6. The minimum Gasteiger partial charge on any atom is -0.475 e. The number of likely N-dealkylation sites (N-methyl/N-ethyl adjacent to an activating group) is 1. The van der Waals surface area contributed by atoms with Crippen molar-refractivity contribution in [3.8, 4) is 0 Å². The summed E-state index contributed by atoms with van der Waals surface area (Å²) in [4.78, 5) is 26.3. The lowest BCUT2D eigenvalue weighted by Gasteiger charge is -2.43. The summed E-state index contributed by atoms with van der Waals surface area (Å²) < 4.78 is 38.8. The Labute approximate surface area is 216 Å². The first-order valence-electron chi connectivity index (χ1n) is 12.0. The van der Waals surface area contributed by atoms with Crippen molar-refractivity contribution in [1.82, 2.24) is 14.9 Å². The van der Waals surface area contributed by atoms with Gasteiger partial charge in [-0.15, -0.1) is 0 Å². The van der Waals surface area contributed by atoms with Gasteiger partial charge in [-0.2, -0.15) is 18.2 Å². The molecule has 1 N–H and O–H groups in total. The number of carboxylic acids is 1. The predicted octanol–water partition coefficient (Wildman–Crippen LogP) is 4.09. The Bertz CT molecular complexity index is 1100. The third kappa shape index (κ3) is 6.03. The Kier molecular flexibility index (Phi) is 7.96. The normalized spacial score (nSPS) is 20.5. The van der Waals surface area contributed by atoms with Crippen LogP contribution in [0.2, 0.25) is 0 Å². The summed E-state index contributed by atoms with van der Waals surface area (Å²) in [5, 5.41) is 8.27. The average molecular weight is 574 g/mol. The molecule has 3 heterocycles. The van der Waals surface area contributed by atoms with E-state index in [1.807, 2.05) is 0 Å². The van der Waals surface area contributed by atoms with Gasteiger partial charge in [0.2, 0.25) is 5.95 Å². The van der Waals surface area contributed by atoms with Gasteiger partial charge in [0.15, 0.2) is 0 Å². The molecule has 2 saturated heterocycles. The Morgan fingerprint density at radius 2 is 1.78 bits per heavy atom. The van der Waals surface area contributed by atoms with Crippen molar-refractivity contribution in [1.29, 1.82) is 0 Å². The molecule has 2 aliphatic heterocycles. The Morgan fingerprint density at radius 1 is 1.11 bits per heavy atom. The lowest BCUT2D eigenvalue weighted by Crippen LogP contribution is -2.46. The predicted molar refractivity (Wildman–Crippen MR) is 135 cm³/mol. The van der Waals surface area contributed by atoms with Crippen LogP contribution in [0.4, 0.5) is 24.9 Å². The number of ether oxygens (including phenoxy) is 1. The van der Waals surface area contributed by atoms with Gasteiger partial charge in [0.25, 0.3) is 0 Å². The van der Waals surface area contributed by atoms with E-state index < -0.39 is 12.1 Å². The van der Waals surface area contributed by atoms with Gasteiger partial charge in [0.1, 0.15) is 5.82 Å². The second kappa shape index (κ2) is 10.7. The fourth-order valence-corrected chi connectivity index (χ4v) is 5.45. The molecule has 0 radical (unpaired) electrons. The Hall–Kier alpha value is -2.18. The van der Waals surface area contributed by atoms with Crippen molar-refractivity contribution in [3.63, 3.8) is 0 Å². The fourth-order valence-electron chi connectivity index (χ4n) is 4.88. The van der Waals surface area contributed by atoms with Gasteiger partial charge in [0, 0.05) is 54.5 Å². The standard InChI is InChI=1S/C22H30BrN5O.C2HF3O2/c1-16-12-17(23)13-18-19(16)24-21(27-8-6-26(2)7-9-27)25-20(18)28-10-11-29-15-22(14-28)4-3-5-22;3-2(4,5)1(6)7/h12-13H,3-11,14-15H2,1-2H3;(H,6,7). The maximum Gasteiger partial charge on any atom is 0.490 e. The number of rotatable bonds is 2. The minimum absolute atomic E-state index is 0.308. The van der Waals surface area contributed by atoms with E-state index in [0.29, 0.717) is 5.41 Å². The van der Waals surface area contributed by atoms with Crippen molar-refractivity contribution in [3.05, 3.63) is 22.2 Å². The van der Waals surface area contributed by atoms with Gasteiger partial charge in [-0.25, -0.2) is 9.78 Å². The molecular formula is C24H31BrF3N5O3. The van der Waals surface area contributed by atoms with E-state index in [1.165, 1.54) is 24.8 Å². The lowest BCUT2D eigenvalue weighted by molar-refractivity contribution is -0.192. The molecule has 5 rings (SSSR count). The second-order valence-corrected chi connectivity index (χ2v) is 10.8. The summed E-state index contributed by atoms with van der Waals surface area (Å²) in [6.45, 7) is 9.79. The van der Waals surface area contributed by atoms with Gasteiger partial charge >= 0.3 is 12.1 Å². The first-order chi connectivity index (χ1) is 17.0. The van der Waals surface area contributed by atoms with Crippen LogP contribution in [0.5, 0.6) is 0 Å². The molecule has 198 valence electrons. The number of carboxylic acid groups (broad SMARTS) is 1. The zero-order chi connectivity index (χ0) is 26.1. The third-order valence-electron chi connectivity index (χ3n) is 7.11. The lowest BCUT2D eigenvalue weighted by atomic mass is 9.69. The number of piperazine rings is 1. The molecule has 2 aromatic rings. The summed E-state index contributed by atoms with van der Waals surface area (Å²) in [5.74, 6) is -0.809. The monoisotopic (exact) mass is 573 g/mol. The van der Waals surface area contributed by atoms with Gasteiger partial charge in [-0.05, 0) is 44.5 Å². The molecule has 1 aliphatic carbocycles. The SMILES string of the molecule is Cc1cc(Br)cc2c(N3CCOCC4(CCC4)C3)nc(N3CCN(C)CC3)nc12.O=C(O)C(F)(F)F. The van der Waals surface area contributed by atoms with Crippen molar-refractivity contribution in [2.45, 2.75) is 32.4 Å². The maximum atomic E-state index is 10.6. The largest absolute Gasteiger partial charge is 0.490 e. The molecule has 0 bridgehead atoms. The highest BCUT2D eigenvalue weighted by Crippen LogP contribution is 2.44. The quantitative estimate of drug-likeness (QED) is 0.575. The number of benzene rings is 1. The van der Waals surface area contributed by atoms with E-state index in [1.54, 1.807) is 0 Å². The van der Waals surface area contributed by atoms with Crippen molar-refractivity contribution in [2.24, 2.45) is 5.41 Å². The van der Waals surface area contributed by atoms with Crippen LogP contribution >= 0.6 is 15.9 Å². The summed E-state index contributed by atoms with van der Waals surface area (Å²) in [6, 6.07) is 4.34. The summed E-state index contributed by atoms with van der Waals surface area (Å²) in [5.41, 5.74) is 2.57. The highest BCUT2D eigenvalue weighted by Gasteiger charge is 2.41. The molecule has 12 heteroatoms. The molecule has 8 nitrogen and oxygen atoms in total. The first-order valence-corrected chi connectivity index (χ1v) is 12.8. The minimum atomic E-state index is -5.08. The molecule has 1 aromatic carbocycles. The van der Waals surface area contributed by atoms with Crippen LogP contribution in [0, 0.1) is 12.3 Å². The number of aliphatic carboxylic acids is 1. The molecule has 1 spiro atoms. The van der Waals surface area contributed by atoms with E-state index in [0.717, 1.165) is 79.6 Å². The van der Waals surface area contributed by atoms with Crippen molar-refractivity contribution < 1.29 is 27.8 Å². The molecular weight excluding hydrogens is 543 g/mol. The number of hydrogen-bond donors (Lipinski definition) is 1.